The minimum Gasteiger partial charge on any atom is -0.334 e. The van der Waals surface area contributed by atoms with Gasteiger partial charge in [-0.1, -0.05) is 69.3 Å². The zero-order chi connectivity index (χ0) is 21.4. The van der Waals surface area contributed by atoms with Crippen LogP contribution < -0.4 is 5.32 Å². The highest BCUT2D eigenvalue weighted by Gasteiger charge is 2.51. The molecule has 2 aromatic rings. The SMILES string of the molecule is CC1(C)C[C@@H]2C[C@@](C)(CN2C(=O)C(=Cc2ccccc2)NC(=O)c2ccccc2)C1. The summed E-state index contributed by atoms with van der Waals surface area (Å²) >= 11 is 0. The van der Waals surface area contributed by atoms with Crippen molar-refractivity contribution in [1.82, 2.24) is 10.2 Å². The molecule has 156 valence electrons. The highest BCUT2D eigenvalue weighted by atomic mass is 16.2. The molecule has 0 unspecified atom stereocenters. The van der Waals surface area contributed by atoms with Crippen LogP contribution in [0.4, 0.5) is 0 Å². The van der Waals surface area contributed by atoms with Gasteiger partial charge in [-0.3, -0.25) is 9.59 Å². The Bertz CT molecular complexity index is 965. The lowest BCUT2D eigenvalue weighted by Crippen LogP contribution is -2.42. The molecule has 4 rings (SSSR count). The number of carbonyl (C=O) groups is 2. The Hall–Kier alpha value is -2.88. The van der Waals surface area contributed by atoms with Gasteiger partial charge in [0.05, 0.1) is 0 Å². The quantitative estimate of drug-likeness (QED) is 0.741. The first-order chi connectivity index (χ1) is 14.2. The van der Waals surface area contributed by atoms with Gasteiger partial charge in [-0.25, -0.2) is 0 Å². The van der Waals surface area contributed by atoms with Gasteiger partial charge in [0.1, 0.15) is 5.70 Å². The lowest BCUT2D eigenvalue weighted by molar-refractivity contribution is -0.128. The molecule has 2 bridgehead atoms. The molecule has 2 aliphatic rings. The van der Waals surface area contributed by atoms with E-state index in [1.807, 2.05) is 53.4 Å². The summed E-state index contributed by atoms with van der Waals surface area (Å²) in [5.41, 5.74) is 2.14. The highest BCUT2D eigenvalue weighted by Crippen LogP contribution is 2.52. The number of carbonyl (C=O) groups excluding carboxylic acids is 2. The number of hydrogen-bond acceptors (Lipinski definition) is 2. The van der Waals surface area contributed by atoms with Gasteiger partial charge in [0.15, 0.2) is 0 Å². The molecule has 4 nitrogen and oxygen atoms in total. The molecule has 0 spiro atoms. The monoisotopic (exact) mass is 402 g/mol. The number of rotatable bonds is 4. The van der Waals surface area contributed by atoms with Gasteiger partial charge >= 0.3 is 0 Å². The third kappa shape index (κ3) is 4.33. The lowest BCUT2D eigenvalue weighted by Gasteiger charge is -2.39. The number of likely N-dealkylation sites (tertiary alicyclic amines) is 1. The van der Waals surface area contributed by atoms with Crippen molar-refractivity contribution in [1.29, 1.82) is 0 Å². The van der Waals surface area contributed by atoms with Crippen molar-refractivity contribution < 1.29 is 9.59 Å². The van der Waals surface area contributed by atoms with Gasteiger partial charge in [0.2, 0.25) is 0 Å². The summed E-state index contributed by atoms with van der Waals surface area (Å²) < 4.78 is 0. The van der Waals surface area contributed by atoms with Crippen molar-refractivity contribution in [3.05, 3.63) is 77.5 Å². The highest BCUT2D eigenvalue weighted by molar-refractivity contribution is 6.05. The summed E-state index contributed by atoms with van der Waals surface area (Å²) in [6, 6.07) is 18.9. The van der Waals surface area contributed by atoms with E-state index in [-0.39, 0.29) is 28.7 Å². The van der Waals surface area contributed by atoms with Gasteiger partial charge in [0.25, 0.3) is 11.8 Å². The van der Waals surface area contributed by atoms with Gasteiger partial charge in [0, 0.05) is 18.2 Å². The first-order valence-corrected chi connectivity index (χ1v) is 10.7. The fourth-order valence-corrected chi connectivity index (χ4v) is 5.50. The molecule has 30 heavy (non-hydrogen) atoms. The molecule has 2 fully saturated rings. The van der Waals surface area contributed by atoms with Crippen molar-refractivity contribution in [2.24, 2.45) is 10.8 Å². The number of hydrogen-bond donors (Lipinski definition) is 1. The molecular weight excluding hydrogens is 372 g/mol. The van der Waals surface area contributed by atoms with E-state index in [1.165, 1.54) is 0 Å². The first-order valence-electron chi connectivity index (χ1n) is 10.7. The number of benzene rings is 2. The Morgan fingerprint density at radius 1 is 0.967 bits per heavy atom. The summed E-state index contributed by atoms with van der Waals surface area (Å²) in [7, 11) is 0. The van der Waals surface area contributed by atoms with E-state index in [1.54, 1.807) is 18.2 Å². The molecule has 4 heteroatoms. The molecule has 1 saturated carbocycles. The maximum Gasteiger partial charge on any atom is 0.270 e. The zero-order valence-electron chi connectivity index (χ0n) is 18.0. The van der Waals surface area contributed by atoms with Crippen molar-refractivity contribution in [2.45, 2.75) is 46.1 Å². The van der Waals surface area contributed by atoms with E-state index in [4.69, 9.17) is 0 Å². The molecule has 1 aliphatic carbocycles. The van der Waals surface area contributed by atoms with Gasteiger partial charge < -0.3 is 10.2 Å². The van der Waals surface area contributed by atoms with Crippen LogP contribution in [-0.2, 0) is 4.79 Å². The second kappa shape index (κ2) is 7.75. The van der Waals surface area contributed by atoms with Crippen molar-refractivity contribution in [3.8, 4) is 0 Å². The minimum atomic E-state index is -0.264. The Balaban J connectivity index is 1.63. The average molecular weight is 403 g/mol. The van der Waals surface area contributed by atoms with Crippen LogP contribution in [0.5, 0.6) is 0 Å². The van der Waals surface area contributed by atoms with Crippen molar-refractivity contribution in [2.75, 3.05) is 6.54 Å². The summed E-state index contributed by atoms with van der Waals surface area (Å²) in [6.07, 6.45) is 4.94. The molecule has 1 heterocycles. The van der Waals surface area contributed by atoms with Crippen LogP contribution in [0.1, 0.15) is 56.0 Å². The van der Waals surface area contributed by atoms with Crippen LogP contribution in [-0.4, -0.2) is 29.3 Å². The van der Waals surface area contributed by atoms with Gasteiger partial charge in [-0.2, -0.15) is 0 Å². The lowest BCUT2D eigenvalue weighted by atomic mass is 9.65. The van der Waals surface area contributed by atoms with Gasteiger partial charge in [-0.15, -0.1) is 0 Å². The molecule has 0 radical (unpaired) electrons. The smallest absolute Gasteiger partial charge is 0.270 e. The molecule has 1 saturated heterocycles. The van der Waals surface area contributed by atoms with E-state index in [0.717, 1.165) is 31.4 Å². The summed E-state index contributed by atoms with van der Waals surface area (Å²) in [5.74, 6) is -0.352. The predicted octanol–water partition coefficient (Wildman–Crippen LogP) is 4.88. The van der Waals surface area contributed by atoms with Crippen LogP contribution in [0.3, 0.4) is 0 Å². The molecule has 1 aliphatic heterocycles. The van der Waals surface area contributed by atoms with E-state index in [0.29, 0.717) is 11.3 Å². The minimum absolute atomic E-state index is 0.0884. The van der Waals surface area contributed by atoms with E-state index >= 15 is 0 Å². The molecule has 2 atom stereocenters. The second-order valence-corrected chi connectivity index (χ2v) is 9.94. The van der Waals surface area contributed by atoms with Crippen molar-refractivity contribution in [3.63, 3.8) is 0 Å². The summed E-state index contributed by atoms with van der Waals surface area (Å²) in [6.45, 7) is 7.62. The third-order valence-electron chi connectivity index (χ3n) is 6.30. The maximum absolute atomic E-state index is 13.7. The number of nitrogens with one attached hydrogen (secondary N) is 1. The number of fused-ring (bicyclic) bond motifs is 2. The Morgan fingerprint density at radius 2 is 1.60 bits per heavy atom. The normalized spacial score (nSPS) is 25.1. The standard InChI is InChI=1S/C26H30N2O2/c1-25(2)15-21-16-26(3,17-25)18-28(21)24(30)22(14-19-10-6-4-7-11-19)27-23(29)20-12-8-5-9-13-20/h4-14,21H,15-18H2,1-3H3,(H,27,29)/t21-,26-/m1/s1. The maximum atomic E-state index is 13.7. The summed E-state index contributed by atoms with van der Waals surface area (Å²) in [5, 5.41) is 2.90. The Labute approximate surface area is 179 Å². The molecule has 2 amide bonds. The van der Waals surface area contributed by atoms with E-state index in [2.05, 4.69) is 26.1 Å². The largest absolute Gasteiger partial charge is 0.334 e. The zero-order valence-corrected chi connectivity index (χ0v) is 18.0. The second-order valence-electron chi connectivity index (χ2n) is 9.94. The Kier molecular flexibility index (Phi) is 5.27. The first kappa shape index (κ1) is 20.4. The average Bonchev–Trinajstić information content (AvgIpc) is 2.97. The Morgan fingerprint density at radius 3 is 2.27 bits per heavy atom. The molecule has 1 N–H and O–H groups in total. The molecule has 2 aromatic carbocycles. The van der Waals surface area contributed by atoms with Crippen LogP contribution >= 0.6 is 0 Å². The fourth-order valence-electron chi connectivity index (χ4n) is 5.50. The summed E-state index contributed by atoms with van der Waals surface area (Å²) in [4.78, 5) is 28.5. The molecular formula is C26H30N2O2. The van der Waals surface area contributed by atoms with E-state index < -0.39 is 0 Å². The van der Waals surface area contributed by atoms with Crippen LogP contribution in [0.15, 0.2) is 66.4 Å². The van der Waals surface area contributed by atoms with Gasteiger partial charge in [-0.05, 0) is 53.9 Å². The topological polar surface area (TPSA) is 49.4 Å². The van der Waals surface area contributed by atoms with Crippen molar-refractivity contribution >= 4 is 17.9 Å². The third-order valence-corrected chi connectivity index (χ3v) is 6.30. The fraction of sp³-hybridized carbons (Fsp3) is 0.385. The van der Waals surface area contributed by atoms with Crippen LogP contribution in [0, 0.1) is 10.8 Å². The number of nitrogens with zero attached hydrogens (tertiary/aromatic N) is 1. The van der Waals surface area contributed by atoms with Crippen LogP contribution in [0.2, 0.25) is 0 Å². The number of amides is 2. The van der Waals surface area contributed by atoms with Crippen LogP contribution in [0.25, 0.3) is 6.08 Å². The molecule has 0 aromatic heterocycles. The van der Waals surface area contributed by atoms with E-state index in [9.17, 15) is 9.59 Å². The predicted molar refractivity (Wildman–Crippen MR) is 120 cm³/mol.